The highest BCUT2D eigenvalue weighted by molar-refractivity contribution is 5.96. The Morgan fingerprint density at radius 3 is 2.53 bits per heavy atom. The van der Waals surface area contributed by atoms with Gasteiger partial charge in [-0.05, 0) is 18.1 Å². The number of nitrogens with two attached hydrogens (primary N) is 1. The number of benzene rings is 1. The number of amides is 2. The summed E-state index contributed by atoms with van der Waals surface area (Å²) in [6.45, 7) is 2.30. The fourth-order valence-electron chi connectivity index (χ4n) is 2.53. The maximum atomic E-state index is 11.8. The maximum absolute atomic E-state index is 11.8. The fraction of sp³-hybridized carbons (Fsp3) is 0.385. The molecule has 0 bridgehead atoms. The minimum atomic E-state index is -0.864. The SMILES string of the molecule is Cc1ccccc1C1(C(N)=O)CC(=O)N(C)C1. The Balaban J connectivity index is 2.55. The van der Waals surface area contributed by atoms with Gasteiger partial charge in [0.1, 0.15) is 5.41 Å². The van der Waals surface area contributed by atoms with Crippen LogP contribution in [-0.4, -0.2) is 30.3 Å². The Labute approximate surface area is 100 Å². The Hall–Kier alpha value is -1.84. The number of aryl methyl sites for hydroxylation is 1. The average molecular weight is 232 g/mol. The Kier molecular flexibility index (Phi) is 2.65. The van der Waals surface area contributed by atoms with Gasteiger partial charge in [-0.25, -0.2) is 0 Å². The molecule has 1 unspecified atom stereocenters. The summed E-state index contributed by atoms with van der Waals surface area (Å²) in [5.74, 6) is -0.462. The molecule has 0 saturated carbocycles. The topological polar surface area (TPSA) is 63.4 Å². The predicted octanol–water partition coefficient (Wildman–Crippen LogP) is 0.580. The van der Waals surface area contributed by atoms with Crippen molar-refractivity contribution in [1.82, 2.24) is 4.90 Å². The quantitative estimate of drug-likeness (QED) is 0.810. The van der Waals surface area contributed by atoms with E-state index >= 15 is 0 Å². The maximum Gasteiger partial charge on any atom is 0.230 e. The number of likely N-dealkylation sites (N-methyl/N-ethyl adjacent to an activating group) is 1. The molecule has 0 aromatic heterocycles. The van der Waals surface area contributed by atoms with Gasteiger partial charge in [-0.2, -0.15) is 0 Å². The highest BCUT2D eigenvalue weighted by Crippen LogP contribution is 2.36. The fourth-order valence-corrected chi connectivity index (χ4v) is 2.53. The van der Waals surface area contributed by atoms with Gasteiger partial charge in [-0.3, -0.25) is 9.59 Å². The molecule has 1 aliphatic rings. The van der Waals surface area contributed by atoms with Crippen LogP contribution in [0.5, 0.6) is 0 Å². The number of hydrogen-bond acceptors (Lipinski definition) is 2. The van der Waals surface area contributed by atoms with Crippen LogP contribution in [0.1, 0.15) is 17.5 Å². The second-order valence-electron chi connectivity index (χ2n) is 4.69. The molecule has 90 valence electrons. The first-order valence-electron chi connectivity index (χ1n) is 5.57. The first-order chi connectivity index (χ1) is 7.97. The lowest BCUT2D eigenvalue weighted by Gasteiger charge is -2.26. The van der Waals surface area contributed by atoms with E-state index in [1.165, 1.54) is 0 Å². The molecule has 1 heterocycles. The molecule has 4 heteroatoms. The predicted molar refractivity (Wildman–Crippen MR) is 64.3 cm³/mol. The largest absolute Gasteiger partial charge is 0.369 e. The summed E-state index contributed by atoms with van der Waals surface area (Å²) in [6.07, 6.45) is 0.170. The molecule has 0 radical (unpaired) electrons. The van der Waals surface area contributed by atoms with Gasteiger partial charge < -0.3 is 10.6 Å². The molecule has 1 aliphatic heterocycles. The van der Waals surface area contributed by atoms with Crippen molar-refractivity contribution in [3.8, 4) is 0 Å². The van der Waals surface area contributed by atoms with E-state index in [2.05, 4.69) is 0 Å². The number of carbonyl (C=O) groups excluding carboxylic acids is 2. The Bertz CT molecular complexity index is 484. The Morgan fingerprint density at radius 2 is 2.06 bits per heavy atom. The van der Waals surface area contributed by atoms with Crippen LogP contribution in [0.15, 0.2) is 24.3 Å². The molecule has 1 atom stereocenters. The van der Waals surface area contributed by atoms with Crippen LogP contribution in [0.25, 0.3) is 0 Å². The molecule has 0 aliphatic carbocycles. The van der Waals surface area contributed by atoms with Crippen molar-refractivity contribution in [3.63, 3.8) is 0 Å². The summed E-state index contributed by atoms with van der Waals surface area (Å²) >= 11 is 0. The zero-order valence-corrected chi connectivity index (χ0v) is 10.1. The third-order valence-electron chi connectivity index (χ3n) is 3.52. The first-order valence-corrected chi connectivity index (χ1v) is 5.57. The lowest BCUT2D eigenvalue weighted by Crippen LogP contribution is -2.43. The molecule has 2 amide bonds. The first kappa shape index (κ1) is 11.6. The van der Waals surface area contributed by atoms with Crippen LogP contribution in [0.2, 0.25) is 0 Å². The number of nitrogens with zero attached hydrogens (tertiary/aromatic N) is 1. The molecule has 0 spiro atoms. The third-order valence-corrected chi connectivity index (χ3v) is 3.52. The highest BCUT2D eigenvalue weighted by atomic mass is 16.2. The second kappa shape index (κ2) is 3.87. The molecular formula is C13H16N2O2. The van der Waals surface area contributed by atoms with E-state index < -0.39 is 11.3 Å². The molecule has 2 N–H and O–H groups in total. The van der Waals surface area contributed by atoms with Crippen LogP contribution >= 0.6 is 0 Å². The van der Waals surface area contributed by atoms with Gasteiger partial charge in [-0.15, -0.1) is 0 Å². The lowest BCUT2D eigenvalue weighted by molar-refractivity contribution is -0.128. The van der Waals surface area contributed by atoms with Crippen molar-refractivity contribution in [3.05, 3.63) is 35.4 Å². The van der Waals surface area contributed by atoms with Crippen molar-refractivity contribution < 1.29 is 9.59 Å². The van der Waals surface area contributed by atoms with Crippen LogP contribution < -0.4 is 5.73 Å². The van der Waals surface area contributed by atoms with Gasteiger partial charge in [0.2, 0.25) is 11.8 Å². The van der Waals surface area contributed by atoms with E-state index in [-0.39, 0.29) is 12.3 Å². The second-order valence-corrected chi connectivity index (χ2v) is 4.69. The van der Waals surface area contributed by atoms with E-state index in [1.807, 2.05) is 31.2 Å². The molecule has 2 rings (SSSR count). The summed E-state index contributed by atoms with van der Waals surface area (Å²) in [7, 11) is 1.70. The van der Waals surface area contributed by atoms with Crippen molar-refractivity contribution in [1.29, 1.82) is 0 Å². The molecule has 4 nitrogen and oxygen atoms in total. The van der Waals surface area contributed by atoms with Crippen molar-refractivity contribution in [2.24, 2.45) is 5.73 Å². The number of hydrogen-bond donors (Lipinski definition) is 1. The molecule has 1 aromatic rings. The Morgan fingerprint density at radius 1 is 1.41 bits per heavy atom. The highest BCUT2D eigenvalue weighted by Gasteiger charge is 2.48. The van der Waals surface area contributed by atoms with Crippen LogP contribution in [0, 0.1) is 6.92 Å². The summed E-state index contributed by atoms with van der Waals surface area (Å²) < 4.78 is 0. The van der Waals surface area contributed by atoms with Gasteiger partial charge >= 0.3 is 0 Å². The number of rotatable bonds is 2. The number of carbonyl (C=O) groups is 2. The van der Waals surface area contributed by atoms with Crippen LogP contribution in [0.3, 0.4) is 0 Å². The van der Waals surface area contributed by atoms with Crippen molar-refractivity contribution >= 4 is 11.8 Å². The standard InChI is InChI=1S/C13H16N2O2/c1-9-5-3-4-6-10(9)13(12(14)17)7-11(16)15(2)8-13/h3-6H,7-8H2,1-2H3,(H2,14,17). The molecule has 1 fully saturated rings. The van der Waals surface area contributed by atoms with Crippen molar-refractivity contribution in [2.45, 2.75) is 18.8 Å². The molecule has 17 heavy (non-hydrogen) atoms. The summed E-state index contributed by atoms with van der Waals surface area (Å²) in [5, 5.41) is 0. The molecule has 1 saturated heterocycles. The zero-order chi connectivity index (χ0) is 12.6. The summed E-state index contributed by atoms with van der Waals surface area (Å²) in [6, 6.07) is 7.60. The number of likely N-dealkylation sites (tertiary alicyclic amines) is 1. The minimum absolute atomic E-state index is 0.0351. The van der Waals surface area contributed by atoms with Gasteiger partial charge in [0.25, 0.3) is 0 Å². The molecule has 1 aromatic carbocycles. The third kappa shape index (κ3) is 1.69. The summed E-state index contributed by atoms with van der Waals surface area (Å²) in [5.41, 5.74) is 6.54. The van der Waals surface area contributed by atoms with Gasteiger partial charge in [-0.1, -0.05) is 24.3 Å². The normalized spacial score (nSPS) is 24.1. The van der Waals surface area contributed by atoms with E-state index in [0.717, 1.165) is 11.1 Å². The minimum Gasteiger partial charge on any atom is -0.369 e. The van der Waals surface area contributed by atoms with E-state index in [4.69, 9.17) is 5.73 Å². The van der Waals surface area contributed by atoms with Crippen LogP contribution in [0.4, 0.5) is 0 Å². The number of primary amides is 1. The van der Waals surface area contributed by atoms with E-state index in [9.17, 15) is 9.59 Å². The van der Waals surface area contributed by atoms with Crippen molar-refractivity contribution in [2.75, 3.05) is 13.6 Å². The smallest absolute Gasteiger partial charge is 0.230 e. The van der Waals surface area contributed by atoms with Gasteiger partial charge in [0.05, 0.1) is 0 Å². The monoisotopic (exact) mass is 232 g/mol. The average Bonchev–Trinajstić information content (AvgIpc) is 2.57. The van der Waals surface area contributed by atoms with Gasteiger partial charge in [0, 0.05) is 20.0 Å². The summed E-state index contributed by atoms with van der Waals surface area (Å²) in [4.78, 5) is 25.1. The zero-order valence-electron chi connectivity index (χ0n) is 10.1. The lowest BCUT2D eigenvalue weighted by atomic mass is 9.77. The molecular weight excluding hydrogens is 216 g/mol. The van der Waals surface area contributed by atoms with E-state index in [1.54, 1.807) is 11.9 Å². The van der Waals surface area contributed by atoms with Crippen LogP contribution in [-0.2, 0) is 15.0 Å². The van der Waals surface area contributed by atoms with Gasteiger partial charge in [0.15, 0.2) is 0 Å². The van der Waals surface area contributed by atoms with E-state index in [0.29, 0.717) is 6.54 Å².